The van der Waals surface area contributed by atoms with Crippen molar-refractivity contribution in [3.05, 3.63) is 89.5 Å². The number of hydrogen-bond donors (Lipinski definition) is 4. The van der Waals surface area contributed by atoms with E-state index in [-0.39, 0.29) is 17.4 Å². The first-order valence-electron chi connectivity index (χ1n) is 8.72. The molecule has 5 N–H and O–H groups in total. The lowest BCUT2D eigenvalue weighted by Crippen LogP contribution is -2.23. The van der Waals surface area contributed by atoms with E-state index < -0.39 is 0 Å². The highest BCUT2D eigenvalue weighted by Gasteiger charge is 2.15. The van der Waals surface area contributed by atoms with E-state index in [9.17, 15) is 4.79 Å². The van der Waals surface area contributed by atoms with Crippen LogP contribution in [0.15, 0.2) is 67.0 Å². The molecule has 2 heterocycles. The van der Waals surface area contributed by atoms with Crippen LogP contribution in [-0.2, 0) is 6.54 Å². The summed E-state index contributed by atoms with van der Waals surface area (Å²) in [6.07, 6.45) is 3.25. The van der Waals surface area contributed by atoms with Crippen molar-refractivity contribution in [1.29, 1.82) is 5.41 Å². The maximum atomic E-state index is 12.4. The Morgan fingerprint density at radius 1 is 1.11 bits per heavy atom. The van der Waals surface area contributed by atoms with E-state index >= 15 is 0 Å². The Bertz CT molecular complexity index is 1150. The predicted molar refractivity (Wildman–Crippen MR) is 108 cm³/mol. The monoisotopic (exact) mass is 370 g/mol. The number of pyridine rings is 1. The number of benzene rings is 2. The highest BCUT2D eigenvalue weighted by molar-refractivity contribution is 6.15. The first kappa shape index (κ1) is 17.4. The van der Waals surface area contributed by atoms with Gasteiger partial charge < -0.3 is 16.0 Å². The Hall–Kier alpha value is -4.00. The minimum atomic E-state index is -0.301. The van der Waals surface area contributed by atoms with E-state index in [1.54, 1.807) is 36.7 Å². The second-order valence-electron chi connectivity index (χ2n) is 6.32. The van der Waals surface area contributed by atoms with Crippen molar-refractivity contribution >= 4 is 28.3 Å². The topological polar surface area (TPSA) is 121 Å². The zero-order chi connectivity index (χ0) is 19.5. The second-order valence-corrected chi connectivity index (χ2v) is 6.32. The molecule has 0 aliphatic heterocycles. The van der Waals surface area contributed by atoms with E-state index in [1.165, 1.54) is 0 Å². The molecule has 2 aromatic carbocycles. The van der Waals surface area contributed by atoms with Gasteiger partial charge in [-0.1, -0.05) is 30.3 Å². The van der Waals surface area contributed by atoms with Gasteiger partial charge in [0.1, 0.15) is 0 Å². The van der Waals surface area contributed by atoms with Gasteiger partial charge in [-0.3, -0.25) is 15.2 Å². The number of anilines is 1. The molecule has 7 heteroatoms. The van der Waals surface area contributed by atoms with Gasteiger partial charge in [-0.15, -0.1) is 0 Å². The molecule has 2 aromatic heterocycles. The van der Waals surface area contributed by atoms with Crippen LogP contribution in [0.1, 0.15) is 27.3 Å². The minimum absolute atomic E-state index is 0.206. The summed E-state index contributed by atoms with van der Waals surface area (Å²) in [6.45, 7) is 0.413. The van der Waals surface area contributed by atoms with Crippen molar-refractivity contribution in [2.24, 2.45) is 0 Å². The number of imidazole rings is 1. The first-order valence-corrected chi connectivity index (χ1v) is 8.72. The van der Waals surface area contributed by atoms with Gasteiger partial charge in [0, 0.05) is 35.8 Å². The third-order valence-corrected chi connectivity index (χ3v) is 4.40. The van der Waals surface area contributed by atoms with Crippen molar-refractivity contribution in [3.63, 3.8) is 0 Å². The number of amides is 1. The standard InChI is InChI=1S/C21H18N6O/c22-16-11-18-17(10-15(16)19(23)14-6-8-24-9-7-14)26-20(27-18)21(28)25-12-13-4-2-1-3-5-13/h1-11,23H,12,22H2,(H,25,28)(H,26,27). The summed E-state index contributed by atoms with van der Waals surface area (Å²) < 4.78 is 0. The van der Waals surface area contributed by atoms with Gasteiger partial charge in [0.05, 0.1) is 16.7 Å². The van der Waals surface area contributed by atoms with Crippen molar-refractivity contribution in [2.75, 3.05) is 5.73 Å². The molecule has 138 valence electrons. The van der Waals surface area contributed by atoms with Gasteiger partial charge >= 0.3 is 0 Å². The van der Waals surface area contributed by atoms with E-state index in [0.29, 0.717) is 34.4 Å². The average molecular weight is 370 g/mol. The van der Waals surface area contributed by atoms with Crippen LogP contribution in [0.5, 0.6) is 0 Å². The highest BCUT2D eigenvalue weighted by Crippen LogP contribution is 2.23. The van der Waals surface area contributed by atoms with Crippen molar-refractivity contribution in [3.8, 4) is 0 Å². The number of nitrogen functional groups attached to an aromatic ring is 1. The molecule has 28 heavy (non-hydrogen) atoms. The molecule has 0 saturated heterocycles. The van der Waals surface area contributed by atoms with Crippen LogP contribution in [-0.4, -0.2) is 26.6 Å². The van der Waals surface area contributed by atoms with Gasteiger partial charge in [-0.25, -0.2) is 4.98 Å². The number of H-pyrrole nitrogens is 1. The third-order valence-electron chi connectivity index (χ3n) is 4.40. The molecule has 4 rings (SSSR count). The molecule has 0 aliphatic carbocycles. The van der Waals surface area contributed by atoms with Gasteiger partial charge in [0.25, 0.3) is 5.91 Å². The van der Waals surface area contributed by atoms with Gasteiger partial charge in [-0.05, 0) is 29.8 Å². The van der Waals surface area contributed by atoms with Crippen LogP contribution in [0.4, 0.5) is 5.69 Å². The van der Waals surface area contributed by atoms with Gasteiger partial charge in [0.2, 0.25) is 0 Å². The first-order chi connectivity index (χ1) is 13.6. The van der Waals surface area contributed by atoms with Crippen molar-refractivity contribution in [1.82, 2.24) is 20.3 Å². The molecule has 4 aromatic rings. The van der Waals surface area contributed by atoms with Crippen LogP contribution >= 0.6 is 0 Å². The molecule has 0 spiro atoms. The summed E-state index contributed by atoms with van der Waals surface area (Å²) in [5.74, 6) is -0.0951. The Morgan fingerprint density at radius 3 is 2.61 bits per heavy atom. The van der Waals surface area contributed by atoms with Crippen molar-refractivity contribution < 1.29 is 4.79 Å². The summed E-state index contributed by atoms with van der Waals surface area (Å²) in [5, 5.41) is 11.3. The maximum Gasteiger partial charge on any atom is 0.287 e. The molecule has 0 aliphatic rings. The molecular formula is C21H18N6O. The molecule has 0 unspecified atom stereocenters. The molecule has 0 radical (unpaired) electrons. The zero-order valence-corrected chi connectivity index (χ0v) is 14.9. The number of aromatic amines is 1. The SMILES string of the molecule is N=C(c1ccncc1)c1cc2nc(C(=O)NCc3ccccc3)[nH]c2cc1N. The number of nitrogens with one attached hydrogen (secondary N) is 3. The fraction of sp³-hybridized carbons (Fsp3) is 0.0476. The lowest BCUT2D eigenvalue weighted by Gasteiger charge is -2.07. The Kier molecular flexibility index (Phi) is 4.55. The van der Waals surface area contributed by atoms with Crippen LogP contribution in [0, 0.1) is 5.41 Å². The van der Waals surface area contributed by atoms with Crippen molar-refractivity contribution in [2.45, 2.75) is 6.54 Å². The lowest BCUT2D eigenvalue weighted by atomic mass is 10.0. The van der Waals surface area contributed by atoms with E-state index in [4.69, 9.17) is 11.1 Å². The number of carbonyl (C=O) groups excluding carboxylic acids is 1. The summed E-state index contributed by atoms with van der Waals surface area (Å²) in [4.78, 5) is 23.8. The Labute approximate surface area is 161 Å². The number of nitrogens with two attached hydrogens (primary N) is 1. The summed E-state index contributed by atoms with van der Waals surface area (Å²) in [7, 11) is 0. The van der Waals surface area contributed by atoms with Crippen LogP contribution in [0.25, 0.3) is 11.0 Å². The molecule has 0 fully saturated rings. The minimum Gasteiger partial charge on any atom is -0.398 e. The average Bonchev–Trinajstić information content (AvgIpc) is 3.15. The number of fused-ring (bicyclic) bond motifs is 1. The number of carbonyl (C=O) groups is 1. The lowest BCUT2D eigenvalue weighted by molar-refractivity contribution is 0.0942. The molecular weight excluding hydrogens is 352 g/mol. The smallest absolute Gasteiger partial charge is 0.287 e. The molecule has 0 atom stereocenters. The van der Waals surface area contributed by atoms with Gasteiger partial charge in [-0.2, -0.15) is 0 Å². The van der Waals surface area contributed by atoms with Crippen LogP contribution < -0.4 is 11.1 Å². The van der Waals surface area contributed by atoms with E-state index in [0.717, 1.165) is 5.56 Å². The highest BCUT2D eigenvalue weighted by atomic mass is 16.2. The summed E-state index contributed by atoms with van der Waals surface area (Å²) >= 11 is 0. The molecule has 0 saturated carbocycles. The number of rotatable bonds is 5. The number of hydrogen-bond acceptors (Lipinski definition) is 5. The largest absolute Gasteiger partial charge is 0.398 e. The fourth-order valence-electron chi connectivity index (χ4n) is 2.93. The van der Waals surface area contributed by atoms with Gasteiger partial charge in [0.15, 0.2) is 5.82 Å². The Balaban J connectivity index is 1.59. The van der Waals surface area contributed by atoms with E-state index in [2.05, 4.69) is 20.3 Å². The Morgan fingerprint density at radius 2 is 1.86 bits per heavy atom. The zero-order valence-electron chi connectivity index (χ0n) is 14.9. The molecule has 7 nitrogen and oxygen atoms in total. The predicted octanol–water partition coefficient (Wildman–Crippen LogP) is 2.89. The second kappa shape index (κ2) is 7.32. The summed E-state index contributed by atoms with van der Waals surface area (Å²) in [5.41, 5.74) is 10.3. The molecule has 0 bridgehead atoms. The molecule has 1 amide bonds. The number of nitrogens with zero attached hydrogens (tertiary/aromatic N) is 2. The van der Waals surface area contributed by atoms with Crippen LogP contribution in [0.2, 0.25) is 0 Å². The van der Waals surface area contributed by atoms with E-state index in [1.807, 2.05) is 30.3 Å². The summed E-state index contributed by atoms with van der Waals surface area (Å²) in [6, 6.07) is 16.6. The van der Waals surface area contributed by atoms with Crippen LogP contribution in [0.3, 0.4) is 0 Å². The maximum absolute atomic E-state index is 12.4. The normalized spacial score (nSPS) is 10.7. The number of aromatic nitrogens is 3. The quantitative estimate of drug-likeness (QED) is 0.319. The third kappa shape index (κ3) is 3.45. The fourth-order valence-corrected chi connectivity index (χ4v) is 2.93.